The van der Waals surface area contributed by atoms with Crippen molar-refractivity contribution in [3.8, 4) is 0 Å². The molecule has 2 saturated heterocycles. The van der Waals surface area contributed by atoms with Gasteiger partial charge in [0.05, 0.1) is 0 Å². The number of piperidine rings is 1. The first-order valence-corrected chi connectivity index (χ1v) is 8.01. The van der Waals surface area contributed by atoms with Gasteiger partial charge in [-0.2, -0.15) is 0 Å². The zero-order valence-electron chi connectivity index (χ0n) is 11.7. The fourth-order valence-corrected chi connectivity index (χ4v) is 4.22. The van der Waals surface area contributed by atoms with Gasteiger partial charge in [-0.1, -0.05) is 25.7 Å². The van der Waals surface area contributed by atoms with Crippen molar-refractivity contribution in [1.29, 1.82) is 0 Å². The normalized spacial score (nSPS) is 34.2. The predicted molar refractivity (Wildman–Crippen MR) is 75.7 cm³/mol. The van der Waals surface area contributed by atoms with Crippen LogP contribution in [0.4, 0.5) is 0 Å². The number of nitrogens with zero attached hydrogens (tertiary/aromatic N) is 2. The quantitative estimate of drug-likeness (QED) is 0.812. The number of nitrogens with two attached hydrogens (primary N) is 1. The zero-order chi connectivity index (χ0) is 12.4. The average molecular weight is 251 g/mol. The first-order chi connectivity index (χ1) is 8.75. The fourth-order valence-electron chi connectivity index (χ4n) is 4.22. The van der Waals surface area contributed by atoms with E-state index in [1.807, 2.05) is 0 Å². The van der Waals surface area contributed by atoms with E-state index in [-0.39, 0.29) is 5.54 Å². The van der Waals surface area contributed by atoms with Crippen LogP contribution in [0.15, 0.2) is 0 Å². The summed E-state index contributed by atoms with van der Waals surface area (Å²) in [5, 5.41) is 0. The Labute approximate surface area is 112 Å². The maximum absolute atomic E-state index is 6.60. The molecule has 3 fully saturated rings. The maximum Gasteiger partial charge on any atom is 0.0283 e. The van der Waals surface area contributed by atoms with Crippen LogP contribution in [0.25, 0.3) is 0 Å². The van der Waals surface area contributed by atoms with Gasteiger partial charge in [0.15, 0.2) is 0 Å². The molecule has 3 aliphatic rings. The second-order valence-corrected chi connectivity index (χ2v) is 6.84. The van der Waals surface area contributed by atoms with Crippen molar-refractivity contribution in [2.24, 2.45) is 5.73 Å². The molecule has 1 unspecified atom stereocenters. The lowest BCUT2D eigenvalue weighted by atomic mass is 9.82. The summed E-state index contributed by atoms with van der Waals surface area (Å²) in [6.45, 7) is 6.29. The molecule has 0 spiro atoms. The Morgan fingerprint density at radius 2 is 1.78 bits per heavy atom. The van der Waals surface area contributed by atoms with Crippen LogP contribution >= 0.6 is 0 Å². The lowest BCUT2D eigenvalue weighted by Gasteiger charge is -2.47. The molecule has 2 heterocycles. The smallest absolute Gasteiger partial charge is 0.0283 e. The molecule has 18 heavy (non-hydrogen) atoms. The second-order valence-electron chi connectivity index (χ2n) is 6.84. The number of piperazine rings is 1. The number of hydrogen-bond acceptors (Lipinski definition) is 3. The highest BCUT2D eigenvalue weighted by atomic mass is 15.3. The molecule has 1 aliphatic carbocycles. The van der Waals surface area contributed by atoms with Gasteiger partial charge in [0.2, 0.25) is 0 Å². The Balaban J connectivity index is 1.54. The van der Waals surface area contributed by atoms with Crippen LogP contribution in [-0.2, 0) is 0 Å². The standard InChI is InChI=1S/C15H29N3/c16-15(7-3-1-4-8-15)13-17-10-11-18-9-5-2-6-14(18)12-17/h14H,1-13,16H2. The highest BCUT2D eigenvalue weighted by molar-refractivity contribution is 4.93. The SMILES string of the molecule is NC1(CN2CCN3CCCCC3C2)CCCCC1. The molecule has 1 atom stereocenters. The third-order valence-corrected chi connectivity index (χ3v) is 5.31. The summed E-state index contributed by atoms with van der Waals surface area (Å²) < 4.78 is 0. The molecular formula is C15H29N3. The number of hydrogen-bond donors (Lipinski definition) is 1. The molecular weight excluding hydrogens is 222 g/mol. The Morgan fingerprint density at radius 3 is 2.61 bits per heavy atom. The molecule has 0 aromatic carbocycles. The third kappa shape index (κ3) is 2.89. The van der Waals surface area contributed by atoms with Gasteiger partial charge in [-0.3, -0.25) is 9.80 Å². The predicted octanol–water partition coefficient (Wildman–Crippen LogP) is 1.82. The van der Waals surface area contributed by atoms with Gasteiger partial charge in [0, 0.05) is 37.8 Å². The van der Waals surface area contributed by atoms with Gasteiger partial charge in [-0.25, -0.2) is 0 Å². The summed E-state index contributed by atoms with van der Waals surface area (Å²) in [4.78, 5) is 5.38. The van der Waals surface area contributed by atoms with Crippen LogP contribution < -0.4 is 5.73 Å². The van der Waals surface area contributed by atoms with Crippen LogP contribution in [0.3, 0.4) is 0 Å². The fraction of sp³-hybridized carbons (Fsp3) is 1.00. The van der Waals surface area contributed by atoms with Crippen molar-refractivity contribution in [2.45, 2.75) is 62.9 Å². The number of fused-ring (bicyclic) bond motifs is 1. The minimum absolute atomic E-state index is 0.134. The van der Waals surface area contributed by atoms with E-state index in [1.54, 1.807) is 0 Å². The summed E-state index contributed by atoms with van der Waals surface area (Å²) in [7, 11) is 0. The molecule has 0 radical (unpaired) electrons. The van der Waals surface area contributed by atoms with Crippen molar-refractivity contribution in [1.82, 2.24) is 9.80 Å². The topological polar surface area (TPSA) is 32.5 Å². The molecule has 3 nitrogen and oxygen atoms in total. The van der Waals surface area contributed by atoms with Crippen molar-refractivity contribution < 1.29 is 0 Å². The van der Waals surface area contributed by atoms with E-state index >= 15 is 0 Å². The van der Waals surface area contributed by atoms with Crippen molar-refractivity contribution in [3.63, 3.8) is 0 Å². The first-order valence-electron chi connectivity index (χ1n) is 8.01. The summed E-state index contributed by atoms with van der Waals surface area (Å²) in [6, 6.07) is 0.833. The van der Waals surface area contributed by atoms with Crippen LogP contribution in [-0.4, -0.2) is 54.1 Å². The molecule has 3 rings (SSSR count). The molecule has 2 aliphatic heterocycles. The summed E-state index contributed by atoms with van der Waals surface area (Å²) in [6.07, 6.45) is 10.8. The van der Waals surface area contributed by atoms with Crippen LogP contribution in [0, 0.1) is 0 Å². The van der Waals surface area contributed by atoms with E-state index in [9.17, 15) is 0 Å². The van der Waals surface area contributed by atoms with E-state index in [0.717, 1.165) is 12.6 Å². The average Bonchev–Trinajstić information content (AvgIpc) is 2.39. The van der Waals surface area contributed by atoms with Gasteiger partial charge in [0.25, 0.3) is 0 Å². The molecule has 3 heteroatoms. The Hall–Kier alpha value is -0.120. The van der Waals surface area contributed by atoms with Crippen molar-refractivity contribution in [2.75, 3.05) is 32.7 Å². The van der Waals surface area contributed by atoms with E-state index in [0.29, 0.717) is 0 Å². The molecule has 0 amide bonds. The summed E-state index contributed by atoms with van der Waals surface area (Å²) in [5.74, 6) is 0. The number of rotatable bonds is 2. The van der Waals surface area contributed by atoms with Gasteiger partial charge in [-0.05, 0) is 32.2 Å². The molecule has 0 bridgehead atoms. The van der Waals surface area contributed by atoms with E-state index in [4.69, 9.17) is 5.73 Å². The highest BCUT2D eigenvalue weighted by Gasteiger charge is 2.34. The zero-order valence-corrected chi connectivity index (χ0v) is 11.7. The van der Waals surface area contributed by atoms with Gasteiger partial charge in [-0.15, -0.1) is 0 Å². The molecule has 1 saturated carbocycles. The Kier molecular flexibility index (Phi) is 3.92. The van der Waals surface area contributed by atoms with Crippen molar-refractivity contribution >= 4 is 0 Å². The largest absolute Gasteiger partial charge is 0.324 e. The molecule has 104 valence electrons. The van der Waals surface area contributed by atoms with Crippen LogP contribution in [0.5, 0.6) is 0 Å². The lowest BCUT2D eigenvalue weighted by molar-refractivity contribution is 0.0340. The van der Waals surface area contributed by atoms with E-state index in [1.165, 1.54) is 77.5 Å². The summed E-state index contributed by atoms with van der Waals surface area (Å²) >= 11 is 0. The monoisotopic (exact) mass is 251 g/mol. The highest BCUT2D eigenvalue weighted by Crippen LogP contribution is 2.28. The Morgan fingerprint density at radius 1 is 0.944 bits per heavy atom. The molecule has 0 aromatic rings. The van der Waals surface area contributed by atoms with Crippen molar-refractivity contribution in [3.05, 3.63) is 0 Å². The third-order valence-electron chi connectivity index (χ3n) is 5.31. The lowest BCUT2D eigenvalue weighted by Crippen LogP contribution is -2.59. The van der Waals surface area contributed by atoms with Crippen LogP contribution in [0.1, 0.15) is 51.4 Å². The van der Waals surface area contributed by atoms with Gasteiger partial charge in [0.1, 0.15) is 0 Å². The molecule has 0 aromatic heterocycles. The Bertz CT molecular complexity index is 273. The van der Waals surface area contributed by atoms with Gasteiger partial charge >= 0.3 is 0 Å². The van der Waals surface area contributed by atoms with E-state index in [2.05, 4.69) is 9.80 Å². The summed E-state index contributed by atoms with van der Waals surface area (Å²) in [5.41, 5.74) is 6.74. The van der Waals surface area contributed by atoms with Gasteiger partial charge < -0.3 is 5.73 Å². The van der Waals surface area contributed by atoms with E-state index < -0.39 is 0 Å². The van der Waals surface area contributed by atoms with Crippen LogP contribution in [0.2, 0.25) is 0 Å². The second kappa shape index (κ2) is 5.48. The minimum Gasteiger partial charge on any atom is -0.324 e. The molecule has 2 N–H and O–H groups in total. The maximum atomic E-state index is 6.60. The first kappa shape index (κ1) is 12.9. The minimum atomic E-state index is 0.134.